The topological polar surface area (TPSA) is 57.6 Å². The Morgan fingerprint density at radius 2 is 1.95 bits per heavy atom. The number of carboxylic acid groups (broad SMARTS) is 1. The van der Waals surface area contributed by atoms with Crippen LogP contribution in [-0.4, -0.2) is 34.0 Å². The van der Waals surface area contributed by atoms with Gasteiger partial charge < -0.3 is 10.0 Å². The van der Waals surface area contributed by atoms with Crippen molar-refractivity contribution in [1.82, 2.24) is 4.90 Å². The summed E-state index contributed by atoms with van der Waals surface area (Å²) in [5.41, 5.74) is -0.901. The van der Waals surface area contributed by atoms with Crippen LogP contribution in [0.2, 0.25) is 0 Å². The summed E-state index contributed by atoms with van der Waals surface area (Å²) in [6.07, 6.45) is 2.28. The Balaban J connectivity index is 2.84. The van der Waals surface area contributed by atoms with Crippen molar-refractivity contribution in [1.29, 1.82) is 0 Å². The van der Waals surface area contributed by atoms with Gasteiger partial charge in [0.25, 0.3) is 0 Å². The van der Waals surface area contributed by atoms with Crippen LogP contribution in [0, 0.1) is 11.3 Å². The smallest absolute Gasteiger partial charge is 0.329 e. The second-order valence-corrected chi connectivity index (χ2v) is 6.81. The number of carbonyl (C=O) groups excluding carboxylic acids is 1. The van der Waals surface area contributed by atoms with Crippen molar-refractivity contribution in [2.75, 3.05) is 6.54 Å². The highest BCUT2D eigenvalue weighted by atomic mass is 16.4. The van der Waals surface area contributed by atoms with Crippen LogP contribution in [-0.2, 0) is 9.59 Å². The van der Waals surface area contributed by atoms with Gasteiger partial charge in [0.1, 0.15) is 5.54 Å². The minimum absolute atomic E-state index is 0.0100. The zero-order chi connectivity index (χ0) is 14.8. The van der Waals surface area contributed by atoms with Gasteiger partial charge in [0.2, 0.25) is 5.91 Å². The van der Waals surface area contributed by atoms with Crippen molar-refractivity contribution in [3.8, 4) is 0 Å². The summed E-state index contributed by atoms with van der Waals surface area (Å²) in [6, 6.07) is 0. The maximum atomic E-state index is 12.4. The first-order valence-corrected chi connectivity index (χ1v) is 7.19. The first-order chi connectivity index (χ1) is 8.65. The number of amides is 1. The summed E-state index contributed by atoms with van der Waals surface area (Å²) in [6.45, 7) is 10.8. The van der Waals surface area contributed by atoms with Gasteiger partial charge in [0, 0.05) is 13.0 Å². The van der Waals surface area contributed by atoms with Crippen molar-refractivity contribution >= 4 is 11.9 Å². The maximum Gasteiger partial charge on any atom is 0.329 e. The lowest BCUT2D eigenvalue weighted by molar-refractivity contribution is -0.157. The molecule has 0 aromatic carbocycles. The number of carboxylic acids is 1. The van der Waals surface area contributed by atoms with E-state index in [-0.39, 0.29) is 17.2 Å². The van der Waals surface area contributed by atoms with Gasteiger partial charge >= 0.3 is 5.97 Å². The molecule has 1 fully saturated rings. The van der Waals surface area contributed by atoms with E-state index in [0.29, 0.717) is 25.8 Å². The van der Waals surface area contributed by atoms with Gasteiger partial charge in [-0.25, -0.2) is 4.79 Å². The van der Waals surface area contributed by atoms with Crippen molar-refractivity contribution < 1.29 is 14.7 Å². The lowest BCUT2D eigenvalue weighted by atomic mass is 9.79. The van der Waals surface area contributed by atoms with Crippen LogP contribution in [0.15, 0.2) is 0 Å². The molecule has 0 bridgehead atoms. The third-order valence-electron chi connectivity index (χ3n) is 4.73. The molecule has 4 heteroatoms. The summed E-state index contributed by atoms with van der Waals surface area (Å²) in [5, 5.41) is 9.48. The van der Waals surface area contributed by atoms with Crippen LogP contribution < -0.4 is 0 Å². The molecule has 110 valence electrons. The molecule has 2 atom stereocenters. The fourth-order valence-corrected chi connectivity index (χ4v) is 2.66. The Morgan fingerprint density at radius 1 is 1.37 bits per heavy atom. The van der Waals surface area contributed by atoms with E-state index in [1.807, 2.05) is 6.92 Å². The van der Waals surface area contributed by atoms with Crippen molar-refractivity contribution in [2.24, 2.45) is 11.3 Å². The molecule has 1 rings (SSSR count). The maximum absolute atomic E-state index is 12.4. The molecule has 4 nitrogen and oxygen atoms in total. The van der Waals surface area contributed by atoms with E-state index in [1.54, 1.807) is 4.90 Å². The molecule has 19 heavy (non-hydrogen) atoms. The van der Waals surface area contributed by atoms with E-state index < -0.39 is 11.5 Å². The molecule has 1 aliphatic heterocycles. The first kappa shape index (κ1) is 16.0. The molecule has 0 aromatic rings. The number of hydrogen-bond acceptors (Lipinski definition) is 2. The number of carbonyl (C=O) groups is 2. The largest absolute Gasteiger partial charge is 0.479 e. The van der Waals surface area contributed by atoms with E-state index in [1.165, 1.54) is 0 Å². The molecule has 1 N–H and O–H groups in total. The molecule has 0 saturated carbocycles. The minimum Gasteiger partial charge on any atom is -0.479 e. The highest BCUT2D eigenvalue weighted by molar-refractivity contribution is 5.87. The number of likely N-dealkylation sites (tertiary alicyclic amines) is 1. The normalized spacial score (nSPS) is 25.4. The fraction of sp³-hybridized carbons (Fsp3) is 0.867. The Kier molecular flexibility index (Phi) is 4.64. The molecule has 0 spiro atoms. The van der Waals surface area contributed by atoms with E-state index >= 15 is 0 Å². The summed E-state index contributed by atoms with van der Waals surface area (Å²) in [4.78, 5) is 25.6. The molecule has 0 aliphatic carbocycles. The third-order valence-corrected chi connectivity index (χ3v) is 4.73. The van der Waals surface area contributed by atoms with Crippen molar-refractivity contribution in [2.45, 2.75) is 65.8 Å². The second-order valence-electron chi connectivity index (χ2n) is 6.81. The van der Waals surface area contributed by atoms with E-state index in [2.05, 4.69) is 27.7 Å². The molecule has 1 aliphatic rings. The standard InChI is InChI=1S/C15H27NO3/c1-6-15(13(18)19)8-7-9-16(15)12(17)10-11(2)14(3,4)5/h11H,6-10H2,1-5H3,(H,18,19). The Bertz CT molecular complexity index is 359. The predicted octanol–water partition coefficient (Wildman–Crippen LogP) is 2.91. The molecule has 1 heterocycles. The minimum atomic E-state index is -0.964. The number of nitrogens with zero attached hydrogens (tertiary/aromatic N) is 1. The second kappa shape index (κ2) is 5.51. The number of aliphatic carboxylic acids is 1. The molecule has 1 amide bonds. The van der Waals surface area contributed by atoms with Gasteiger partial charge in [0.05, 0.1) is 0 Å². The molecule has 0 aromatic heterocycles. The van der Waals surface area contributed by atoms with Gasteiger partial charge in [0.15, 0.2) is 0 Å². The van der Waals surface area contributed by atoms with Crippen LogP contribution in [0.5, 0.6) is 0 Å². The molecule has 1 saturated heterocycles. The SMILES string of the molecule is CCC1(C(=O)O)CCCN1C(=O)CC(C)C(C)(C)C. The summed E-state index contributed by atoms with van der Waals surface area (Å²) < 4.78 is 0. The lowest BCUT2D eigenvalue weighted by Gasteiger charge is -2.36. The van der Waals surface area contributed by atoms with E-state index in [4.69, 9.17) is 0 Å². The zero-order valence-electron chi connectivity index (χ0n) is 12.8. The van der Waals surface area contributed by atoms with Crippen molar-refractivity contribution in [3.05, 3.63) is 0 Å². The van der Waals surface area contributed by atoms with E-state index in [0.717, 1.165) is 6.42 Å². The van der Waals surface area contributed by atoms with Gasteiger partial charge in [-0.15, -0.1) is 0 Å². The Labute approximate surface area is 116 Å². The van der Waals surface area contributed by atoms with Gasteiger partial charge in [-0.3, -0.25) is 4.79 Å². The van der Waals surface area contributed by atoms with Gasteiger partial charge in [-0.1, -0.05) is 34.6 Å². The predicted molar refractivity (Wildman–Crippen MR) is 74.8 cm³/mol. The van der Waals surface area contributed by atoms with Crippen LogP contribution in [0.4, 0.5) is 0 Å². The average molecular weight is 269 g/mol. The molecular formula is C15H27NO3. The number of hydrogen-bond donors (Lipinski definition) is 1. The average Bonchev–Trinajstić information content (AvgIpc) is 2.72. The Hall–Kier alpha value is -1.06. The molecule has 2 unspecified atom stereocenters. The Morgan fingerprint density at radius 3 is 2.37 bits per heavy atom. The lowest BCUT2D eigenvalue weighted by Crippen LogP contribution is -2.53. The number of rotatable bonds is 4. The molecular weight excluding hydrogens is 242 g/mol. The summed E-state index contributed by atoms with van der Waals surface area (Å²) in [5.74, 6) is -0.627. The fourth-order valence-electron chi connectivity index (χ4n) is 2.66. The highest BCUT2D eigenvalue weighted by Crippen LogP contribution is 2.35. The highest BCUT2D eigenvalue weighted by Gasteiger charge is 2.48. The van der Waals surface area contributed by atoms with Crippen LogP contribution in [0.25, 0.3) is 0 Å². The van der Waals surface area contributed by atoms with Crippen LogP contribution in [0.3, 0.4) is 0 Å². The van der Waals surface area contributed by atoms with Gasteiger partial charge in [-0.05, 0) is 30.6 Å². The summed E-state index contributed by atoms with van der Waals surface area (Å²) >= 11 is 0. The van der Waals surface area contributed by atoms with Crippen LogP contribution >= 0.6 is 0 Å². The summed E-state index contributed by atoms with van der Waals surface area (Å²) in [7, 11) is 0. The molecule has 0 radical (unpaired) electrons. The van der Waals surface area contributed by atoms with Crippen LogP contribution in [0.1, 0.15) is 60.3 Å². The first-order valence-electron chi connectivity index (χ1n) is 7.19. The monoisotopic (exact) mass is 269 g/mol. The quantitative estimate of drug-likeness (QED) is 0.853. The van der Waals surface area contributed by atoms with E-state index in [9.17, 15) is 14.7 Å². The van der Waals surface area contributed by atoms with Gasteiger partial charge in [-0.2, -0.15) is 0 Å². The van der Waals surface area contributed by atoms with Crippen molar-refractivity contribution in [3.63, 3.8) is 0 Å². The third kappa shape index (κ3) is 3.10. The zero-order valence-corrected chi connectivity index (χ0v) is 12.8.